The number of ether oxygens (including phenoxy) is 1. The lowest BCUT2D eigenvalue weighted by Gasteiger charge is -2.32. The van der Waals surface area contributed by atoms with Gasteiger partial charge in [0.05, 0.1) is 22.7 Å². The van der Waals surface area contributed by atoms with Crippen LogP contribution in [-0.4, -0.2) is 50.9 Å². The number of carbonyl (C=O) groups excluding carboxylic acids is 2. The summed E-state index contributed by atoms with van der Waals surface area (Å²) >= 11 is 5.97. The van der Waals surface area contributed by atoms with Crippen LogP contribution in [0.2, 0.25) is 5.02 Å². The molecule has 0 spiro atoms. The molecule has 0 fully saturated rings. The second-order valence-electron chi connectivity index (χ2n) is 9.14. The van der Waals surface area contributed by atoms with Crippen LogP contribution in [0.1, 0.15) is 26.3 Å². The fraction of sp³-hybridized carbons (Fsp3) is 0.286. The number of methoxy groups -OCH3 is 1. The summed E-state index contributed by atoms with van der Waals surface area (Å²) in [5.74, 6) is -1.22. The van der Waals surface area contributed by atoms with Crippen molar-refractivity contribution in [1.29, 1.82) is 0 Å². The van der Waals surface area contributed by atoms with E-state index in [2.05, 4.69) is 5.32 Å². The van der Waals surface area contributed by atoms with Crippen molar-refractivity contribution in [3.63, 3.8) is 0 Å². The van der Waals surface area contributed by atoms with E-state index in [1.807, 2.05) is 0 Å². The van der Waals surface area contributed by atoms with Gasteiger partial charge in [0.2, 0.25) is 11.8 Å². The van der Waals surface area contributed by atoms with E-state index in [1.54, 1.807) is 63.2 Å². The Bertz CT molecular complexity index is 1420. The molecule has 0 bridgehead atoms. The first kappa shape index (κ1) is 29.9. The Morgan fingerprint density at radius 2 is 1.69 bits per heavy atom. The first-order valence-electron chi connectivity index (χ1n) is 12.2. The van der Waals surface area contributed by atoms with Crippen LogP contribution in [0.3, 0.4) is 0 Å². The van der Waals surface area contributed by atoms with Gasteiger partial charge < -0.3 is 15.0 Å². The maximum absolute atomic E-state index is 13.9. The molecule has 3 aromatic rings. The molecule has 2 amide bonds. The van der Waals surface area contributed by atoms with Crippen molar-refractivity contribution < 1.29 is 27.1 Å². The van der Waals surface area contributed by atoms with Crippen molar-refractivity contribution >= 4 is 39.1 Å². The lowest BCUT2D eigenvalue weighted by molar-refractivity contribution is -0.139. The largest absolute Gasteiger partial charge is 0.497 e. The second-order valence-corrected chi connectivity index (χ2v) is 11.4. The maximum Gasteiger partial charge on any atom is 0.264 e. The number of sulfonamides is 1. The summed E-state index contributed by atoms with van der Waals surface area (Å²) < 4.78 is 47.5. The molecule has 0 radical (unpaired) electrons. The molecule has 0 aliphatic carbocycles. The quantitative estimate of drug-likeness (QED) is 0.360. The summed E-state index contributed by atoms with van der Waals surface area (Å²) in [6.45, 7) is 4.51. The number of rotatable bonds is 11. The molecule has 0 aromatic heterocycles. The van der Waals surface area contributed by atoms with E-state index in [-0.39, 0.29) is 28.2 Å². The second kappa shape index (κ2) is 12.9. The minimum absolute atomic E-state index is 0.000724. The molecule has 8 nitrogen and oxygen atoms in total. The number of halogens is 2. The van der Waals surface area contributed by atoms with Crippen LogP contribution >= 0.6 is 11.6 Å². The Balaban J connectivity index is 2.05. The number of anilines is 1. The van der Waals surface area contributed by atoms with Gasteiger partial charge in [0.25, 0.3) is 10.0 Å². The van der Waals surface area contributed by atoms with Gasteiger partial charge in [-0.15, -0.1) is 0 Å². The zero-order valence-corrected chi connectivity index (χ0v) is 23.7. The normalized spacial score (nSPS) is 12.1. The third kappa shape index (κ3) is 7.48. The Hall–Kier alpha value is -3.63. The Kier molecular flexibility index (Phi) is 9.93. The molecule has 39 heavy (non-hydrogen) atoms. The summed E-state index contributed by atoms with van der Waals surface area (Å²) in [6.07, 6.45) is 0. The molecule has 11 heteroatoms. The summed E-state index contributed by atoms with van der Waals surface area (Å²) in [7, 11) is -2.76. The molecule has 1 N–H and O–H groups in total. The first-order chi connectivity index (χ1) is 18.4. The van der Waals surface area contributed by atoms with Crippen LogP contribution in [0.4, 0.5) is 10.1 Å². The Morgan fingerprint density at radius 3 is 2.31 bits per heavy atom. The van der Waals surface area contributed by atoms with E-state index in [0.717, 1.165) is 16.4 Å². The van der Waals surface area contributed by atoms with Gasteiger partial charge in [-0.1, -0.05) is 41.9 Å². The maximum atomic E-state index is 13.9. The van der Waals surface area contributed by atoms with E-state index in [4.69, 9.17) is 16.3 Å². The fourth-order valence-corrected chi connectivity index (χ4v) is 5.45. The Labute approximate surface area is 233 Å². The van der Waals surface area contributed by atoms with Gasteiger partial charge in [0.1, 0.15) is 24.2 Å². The minimum Gasteiger partial charge on any atom is -0.497 e. The standard InChI is InChI=1S/C28H31ClFN3O5S/c1-19(2)31-28(35)20(3)32(17-21-9-8-10-23(15-21)38-4)27(34)18-33(22-13-14-26(30)25(29)16-22)39(36,37)24-11-6-5-7-12-24/h5-16,19-20H,17-18H2,1-4H3,(H,31,35). The molecule has 0 saturated heterocycles. The van der Waals surface area contributed by atoms with Crippen molar-refractivity contribution in [2.24, 2.45) is 0 Å². The van der Waals surface area contributed by atoms with Crippen LogP contribution < -0.4 is 14.4 Å². The monoisotopic (exact) mass is 575 g/mol. The average Bonchev–Trinajstić information content (AvgIpc) is 2.91. The highest BCUT2D eigenvalue weighted by Gasteiger charge is 2.33. The lowest BCUT2D eigenvalue weighted by Crippen LogP contribution is -2.52. The predicted octanol–water partition coefficient (Wildman–Crippen LogP) is 4.62. The van der Waals surface area contributed by atoms with Gasteiger partial charge in [-0.25, -0.2) is 12.8 Å². The van der Waals surface area contributed by atoms with Crippen LogP contribution in [0.15, 0.2) is 77.7 Å². The van der Waals surface area contributed by atoms with E-state index < -0.39 is 40.2 Å². The number of nitrogens with zero attached hydrogens (tertiary/aromatic N) is 2. The topological polar surface area (TPSA) is 96.0 Å². The van der Waals surface area contributed by atoms with Crippen molar-refractivity contribution in [2.75, 3.05) is 18.0 Å². The lowest BCUT2D eigenvalue weighted by atomic mass is 10.1. The Morgan fingerprint density at radius 1 is 1.00 bits per heavy atom. The average molecular weight is 576 g/mol. The molecule has 3 aromatic carbocycles. The number of hydrogen-bond donors (Lipinski definition) is 1. The van der Waals surface area contributed by atoms with Gasteiger partial charge in [0.15, 0.2) is 0 Å². The molecule has 3 rings (SSSR count). The third-order valence-corrected chi connectivity index (χ3v) is 7.96. The van der Waals surface area contributed by atoms with Crippen LogP contribution in [0.25, 0.3) is 0 Å². The van der Waals surface area contributed by atoms with Crippen molar-refractivity contribution in [3.8, 4) is 5.75 Å². The number of benzene rings is 3. The van der Waals surface area contributed by atoms with E-state index in [1.165, 1.54) is 30.2 Å². The minimum atomic E-state index is -4.28. The fourth-order valence-electron chi connectivity index (χ4n) is 3.84. The first-order valence-corrected chi connectivity index (χ1v) is 14.0. The van der Waals surface area contributed by atoms with Crippen LogP contribution in [-0.2, 0) is 26.2 Å². The molecule has 0 saturated carbocycles. The van der Waals surface area contributed by atoms with E-state index in [9.17, 15) is 22.4 Å². The molecule has 208 valence electrons. The van der Waals surface area contributed by atoms with Crippen LogP contribution in [0, 0.1) is 5.82 Å². The summed E-state index contributed by atoms with van der Waals surface area (Å²) in [5.41, 5.74) is 0.674. The number of amides is 2. The summed E-state index contributed by atoms with van der Waals surface area (Å²) in [4.78, 5) is 28.0. The van der Waals surface area contributed by atoms with Crippen LogP contribution in [0.5, 0.6) is 5.75 Å². The van der Waals surface area contributed by atoms with Gasteiger partial charge >= 0.3 is 0 Å². The molecular formula is C28H31ClFN3O5S. The molecule has 1 unspecified atom stereocenters. The summed E-state index contributed by atoms with van der Waals surface area (Å²) in [6, 6.07) is 16.8. The summed E-state index contributed by atoms with van der Waals surface area (Å²) in [5, 5.41) is 2.49. The van der Waals surface area contributed by atoms with Gasteiger partial charge in [-0.3, -0.25) is 13.9 Å². The zero-order valence-electron chi connectivity index (χ0n) is 22.1. The number of carbonyl (C=O) groups is 2. The predicted molar refractivity (Wildman–Crippen MR) is 149 cm³/mol. The highest BCUT2D eigenvalue weighted by molar-refractivity contribution is 7.92. The van der Waals surface area contributed by atoms with Gasteiger partial charge in [-0.2, -0.15) is 0 Å². The zero-order chi connectivity index (χ0) is 28.7. The molecule has 0 heterocycles. The van der Waals surface area contributed by atoms with Crippen molar-refractivity contribution in [2.45, 2.75) is 44.3 Å². The number of hydrogen-bond acceptors (Lipinski definition) is 5. The number of nitrogens with one attached hydrogen (secondary N) is 1. The van der Waals surface area contributed by atoms with Gasteiger partial charge in [-0.05, 0) is 68.8 Å². The molecule has 0 aliphatic rings. The highest BCUT2D eigenvalue weighted by atomic mass is 35.5. The molecule has 1 atom stereocenters. The molecular weight excluding hydrogens is 545 g/mol. The van der Waals surface area contributed by atoms with Crippen molar-refractivity contribution in [3.05, 3.63) is 89.2 Å². The molecule has 0 aliphatic heterocycles. The third-order valence-electron chi connectivity index (χ3n) is 5.89. The highest BCUT2D eigenvalue weighted by Crippen LogP contribution is 2.28. The SMILES string of the molecule is COc1cccc(CN(C(=O)CN(c2ccc(F)c(Cl)c2)S(=O)(=O)c2ccccc2)C(C)C(=O)NC(C)C)c1. The smallest absolute Gasteiger partial charge is 0.264 e. The van der Waals surface area contributed by atoms with Gasteiger partial charge in [0, 0.05) is 12.6 Å². The van der Waals surface area contributed by atoms with E-state index in [0.29, 0.717) is 11.3 Å². The van der Waals surface area contributed by atoms with E-state index >= 15 is 0 Å². The van der Waals surface area contributed by atoms with Crippen molar-refractivity contribution in [1.82, 2.24) is 10.2 Å².